The van der Waals surface area contributed by atoms with Crippen LogP contribution in [0.3, 0.4) is 0 Å². The topological polar surface area (TPSA) is 189 Å². The Kier molecular flexibility index (Phi) is 11.5. The van der Waals surface area contributed by atoms with Crippen LogP contribution in [0.4, 0.5) is 11.4 Å². The third-order valence-corrected chi connectivity index (χ3v) is 8.74. The molecule has 3 N–H and O–H groups in total. The number of anilines is 2. The molecule has 48 heavy (non-hydrogen) atoms. The maximum absolute atomic E-state index is 13.8. The summed E-state index contributed by atoms with van der Waals surface area (Å²) in [6, 6.07) is 16.0. The lowest BCUT2D eigenvalue weighted by Gasteiger charge is -2.23. The van der Waals surface area contributed by atoms with Gasteiger partial charge in [0.1, 0.15) is 17.2 Å². The maximum Gasteiger partial charge on any atom is 0.345 e. The normalized spacial score (nSPS) is 11.2. The summed E-state index contributed by atoms with van der Waals surface area (Å²) in [7, 11) is 0. The summed E-state index contributed by atoms with van der Waals surface area (Å²) < 4.78 is 5.66. The summed E-state index contributed by atoms with van der Waals surface area (Å²) in [5.41, 5.74) is -0.0669. The number of hydrogen-bond acceptors (Lipinski definition) is 9. The van der Waals surface area contributed by atoms with Gasteiger partial charge in [-0.15, -0.1) is 11.3 Å². The van der Waals surface area contributed by atoms with E-state index in [-0.39, 0.29) is 24.2 Å². The van der Waals surface area contributed by atoms with E-state index in [1.807, 2.05) is 38.1 Å². The molecule has 0 atom stereocenters. The lowest BCUT2D eigenvalue weighted by Crippen LogP contribution is -2.33. The highest BCUT2D eigenvalue weighted by atomic mass is 32.1. The molecule has 0 unspecified atom stereocenters. The number of aliphatic carboxylic acids is 1. The molecule has 1 amide bonds. The zero-order chi connectivity index (χ0) is 35.0. The number of hydrogen-bond donors (Lipinski definition) is 3. The average Bonchev–Trinajstić information content (AvgIpc) is 3.53. The Labute approximate surface area is 279 Å². The first kappa shape index (κ1) is 35.1. The lowest BCUT2D eigenvalue weighted by atomic mass is 10.0. The minimum atomic E-state index is -1.51. The summed E-state index contributed by atoms with van der Waals surface area (Å²) in [5.74, 6) is -4.69. The van der Waals surface area contributed by atoms with Crippen LogP contribution in [-0.4, -0.2) is 58.8 Å². The van der Waals surface area contributed by atoms with Gasteiger partial charge in [-0.1, -0.05) is 6.42 Å². The Morgan fingerprint density at radius 1 is 0.875 bits per heavy atom. The van der Waals surface area contributed by atoms with Crippen LogP contribution < -0.4 is 15.4 Å². The highest BCUT2D eigenvalue weighted by Crippen LogP contribution is 2.31. The van der Waals surface area contributed by atoms with Crippen LogP contribution >= 0.6 is 11.3 Å². The molecule has 4 aromatic rings. The lowest BCUT2D eigenvalue weighted by molar-refractivity contribution is -0.137. The molecule has 0 saturated carbocycles. The second kappa shape index (κ2) is 15.7. The predicted octanol–water partition coefficient (Wildman–Crippen LogP) is 6.35. The van der Waals surface area contributed by atoms with Gasteiger partial charge in [-0.05, 0) is 81.3 Å². The number of carboxylic acid groups (broad SMARTS) is 3. The van der Waals surface area contributed by atoms with Gasteiger partial charge < -0.3 is 29.5 Å². The van der Waals surface area contributed by atoms with E-state index in [0.717, 1.165) is 36.3 Å². The molecule has 2 aromatic carbocycles. The molecule has 0 aliphatic heterocycles. The number of unbranched alkanes of at least 4 members (excludes halogenated alkanes) is 2. The van der Waals surface area contributed by atoms with Crippen molar-refractivity contribution in [2.45, 2.75) is 39.5 Å². The highest BCUT2D eigenvalue weighted by molar-refractivity contribution is 7.16. The minimum Gasteiger partial charge on any atom is -0.481 e. The van der Waals surface area contributed by atoms with E-state index >= 15 is 0 Å². The van der Waals surface area contributed by atoms with E-state index in [4.69, 9.17) is 9.52 Å². The van der Waals surface area contributed by atoms with Crippen molar-refractivity contribution in [3.05, 3.63) is 86.6 Å². The molecule has 2 aromatic heterocycles. The van der Waals surface area contributed by atoms with E-state index in [2.05, 4.69) is 4.90 Å². The third-order valence-electron chi connectivity index (χ3n) is 7.67. The van der Waals surface area contributed by atoms with Gasteiger partial charge in [0.15, 0.2) is 0 Å². The van der Waals surface area contributed by atoms with Crippen molar-refractivity contribution in [3.8, 4) is 16.5 Å². The summed E-state index contributed by atoms with van der Waals surface area (Å²) in [6.07, 6.45) is 2.39. The minimum absolute atomic E-state index is 0.00671. The van der Waals surface area contributed by atoms with Gasteiger partial charge in [-0.2, -0.15) is 5.26 Å². The van der Waals surface area contributed by atoms with E-state index in [1.54, 1.807) is 18.2 Å². The molecule has 12 nitrogen and oxygen atoms in total. The SMILES string of the molecule is CCN(CC)c1ccc2cc(-c3ccc(/C=C(\C#N)C(=O)N(CCCCCC(=O)O)c4ccc(C(=O)O)c(C(=O)O)c4)s3)c(=O)oc2c1. The molecule has 2 heterocycles. The van der Waals surface area contributed by atoms with E-state index in [0.29, 0.717) is 40.2 Å². The number of carbonyl (C=O) groups is 4. The van der Waals surface area contributed by atoms with Crippen molar-refractivity contribution in [2.24, 2.45) is 0 Å². The van der Waals surface area contributed by atoms with Gasteiger partial charge in [0, 0.05) is 58.6 Å². The number of thiophene rings is 1. The van der Waals surface area contributed by atoms with E-state index in [1.165, 1.54) is 28.4 Å². The molecule has 0 saturated heterocycles. The van der Waals surface area contributed by atoms with Crippen molar-refractivity contribution in [1.82, 2.24) is 0 Å². The Morgan fingerprint density at radius 3 is 2.23 bits per heavy atom. The monoisotopic (exact) mass is 671 g/mol. The second-order valence-electron chi connectivity index (χ2n) is 10.7. The van der Waals surface area contributed by atoms with Gasteiger partial charge >= 0.3 is 23.5 Å². The standard InChI is InChI=1S/C35H33N3O9S/c1-3-37(4-2)23-10-9-21-17-28(35(46)47-29(21)19-23)30-14-12-25(48-30)16-22(20-36)32(41)38(15-7-5-6-8-31(39)40)24-11-13-26(33(42)43)27(18-24)34(44)45/h9-14,16-19H,3-8,15H2,1-2H3,(H,39,40)(H,42,43)(H,44,45)/b22-16+. The number of rotatable bonds is 15. The van der Waals surface area contributed by atoms with Gasteiger partial charge in [0.05, 0.1) is 16.7 Å². The number of fused-ring (bicyclic) bond motifs is 1. The predicted molar refractivity (Wildman–Crippen MR) is 182 cm³/mol. The Bertz CT molecular complexity index is 2000. The summed E-state index contributed by atoms with van der Waals surface area (Å²) in [5, 5.41) is 38.7. The van der Waals surface area contributed by atoms with Crippen LogP contribution in [0, 0.1) is 11.3 Å². The highest BCUT2D eigenvalue weighted by Gasteiger charge is 2.24. The molecule has 0 aliphatic rings. The molecule has 248 valence electrons. The first-order chi connectivity index (χ1) is 23.0. The molecule has 0 fully saturated rings. The fourth-order valence-corrected chi connectivity index (χ4v) is 6.15. The molecule has 4 rings (SSSR count). The number of nitriles is 1. The van der Waals surface area contributed by atoms with Crippen molar-refractivity contribution in [1.29, 1.82) is 5.26 Å². The molecular formula is C35H33N3O9S. The number of nitrogens with zero attached hydrogens (tertiary/aromatic N) is 3. The molecule has 0 bridgehead atoms. The fourth-order valence-electron chi connectivity index (χ4n) is 5.20. The second-order valence-corrected chi connectivity index (χ2v) is 11.8. The molecule has 13 heteroatoms. The van der Waals surface area contributed by atoms with E-state index in [9.17, 15) is 39.4 Å². The molecule has 0 radical (unpaired) electrons. The number of aromatic carboxylic acids is 2. The first-order valence-electron chi connectivity index (χ1n) is 15.2. The van der Waals surface area contributed by atoms with E-state index < -0.39 is 40.6 Å². The summed E-state index contributed by atoms with van der Waals surface area (Å²) in [4.78, 5) is 65.4. The average molecular weight is 672 g/mol. The smallest absolute Gasteiger partial charge is 0.345 e. The largest absolute Gasteiger partial charge is 0.481 e. The summed E-state index contributed by atoms with van der Waals surface area (Å²) >= 11 is 1.17. The van der Waals surface area contributed by atoms with Crippen molar-refractivity contribution >= 4 is 63.6 Å². The number of carbonyl (C=O) groups excluding carboxylic acids is 1. The Balaban J connectivity index is 1.66. The summed E-state index contributed by atoms with van der Waals surface area (Å²) in [6.45, 7) is 5.68. The molecule has 0 spiro atoms. The van der Waals surface area contributed by atoms with Crippen LogP contribution in [0.1, 0.15) is 65.1 Å². The van der Waals surface area contributed by atoms with Gasteiger partial charge in [0.25, 0.3) is 5.91 Å². The zero-order valence-corrected chi connectivity index (χ0v) is 27.1. The number of benzene rings is 2. The first-order valence-corrected chi connectivity index (χ1v) is 16.0. The molecule has 0 aliphatic carbocycles. The quantitative estimate of drug-likeness (QED) is 0.0553. The van der Waals surface area contributed by atoms with Gasteiger partial charge in [-0.3, -0.25) is 9.59 Å². The Morgan fingerprint density at radius 2 is 1.58 bits per heavy atom. The van der Waals surface area contributed by atoms with Gasteiger partial charge in [0.2, 0.25) is 0 Å². The van der Waals surface area contributed by atoms with Crippen molar-refractivity contribution in [3.63, 3.8) is 0 Å². The van der Waals surface area contributed by atoms with Gasteiger partial charge in [-0.25, -0.2) is 14.4 Å². The van der Waals surface area contributed by atoms with Crippen LogP contribution in [-0.2, 0) is 9.59 Å². The van der Waals surface area contributed by atoms with Crippen molar-refractivity contribution in [2.75, 3.05) is 29.4 Å². The number of amides is 1. The Hall–Kier alpha value is -5.74. The molecular weight excluding hydrogens is 638 g/mol. The zero-order valence-electron chi connectivity index (χ0n) is 26.3. The number of carboxylic acids is 3. The van der Waals surface area contributed by atoms with Crippen LogP contribution in [0.25, 0.3) is 27.5 Å². The van der Waals surface area contributed by atoms with Crippen LogP contribution in [0.2, 0.25) is 0 Å². The maximum atomic E-state index is 13.8. The van der Waals surface area contributed by atoms with Crippen LogP contribution in [0.5, 0.6) is 0 Å². The van der Waals surface area contributed by atoms with Crippen molar-refractivity contribution < 1.29 is 38.9 Å². The van der Waals surface area contributed by atoms with Crippen LogP contribution in [0.15, 0.2) is 69.4 Å². The third kappa shape index (κ3) is 8.15. The fraction of sp³-hybridized carbons (Fsp3) is 0.257.